The highest BCUT2D eigenvalue weighted by atomic mass is 16.3. The molecule has 0 bridgehead atoms. The lowest BCUT2D eigenvalue weighted by molar-refractivity contribution is -0.873. The maximum atomic E-state index is 10.4. The first kappa shape index (κ1) is 25.0. The van der Waals surface area contributed by atoms with Gasteiger partial charge in [0.1, 0.15) is 12.6 Å². The Morgan fingerprint density at radius 3 is 2.28 bits per heavy atom. The maximum Gasteiger partial charge on any atom is 0.104 e. The number of rotatable bonds is 7. The molecular formula is C29H54NO2+. The third kappa shape index (κ3) is 4.69. The van der Waals surface area contributed by atoms with E-state index in [4.69, 9.17) is 0 Å². The van der Waals surface area contributed by atoms with E-state index in [0.29, 0.717) is 10.8 Å². The predicted molar refractivity (Wildman–Crippen MR) is 133 cm³/mol. The fourth-order valence-corrected chi connectivity index (χ4v) is 9.81. The van der Waals surface area contributed by atoms with Gasteiger partial charge in [0.15, 0.2) is 0 Å². The summed E-state index contributed by atoms with van der Waals surface area (Å²) in [6.45, 7) is 8.67. The Kier molecular flexibility index (Phi) is 7.15. The third-order valence-electron chi connectivity index (χ3n) is 11.4. The molecule has 0 heterocycles. The highest BCUT2D eigenvalue weighted by Crippen LogP contribution is 2.68. The van der Waals surface area contributed by atoms with Crippen LogP contribution in [0.15, 0.2) is 0 Å². The molecule has 0 aliphatic heterocycles. The van der Waals surface area contributed by atoms with Crippen LogP contribution in [0.4, 0.5) is 0 Å². The van der Waals surface area contributed by atoms with Gasteiger partial charge in [-0.05, 0) is 111 Å². The minimum absolute atomic E-state index is 0.0314. The van der Waals surface area contributed by atoms with Crippen LogP contribution in [0.3, 0.4) is 0 Å². The highest BCUT2D eigenvalue weighted by Gasteiger charge is 2.60. The van der Waals surface area contributed by atoms with Gasteiger partial charge in [0.2, 0.25) is 0 Å². The monoisotopic (exact) mass is 448 g/mol. The molecule has 0 aromatic rings. The van der Waals surface area contributed by atoms with Crippen LogP contribution >= 0.6 is 0 Å². The number of likely N-dealkylation sites (N-methyl/N-ethyl adjacent to an activating group) is 1. The molecule has 0 radical (unpaired) electrons. The normalized spacial score (nSPS) is 46.1. The average molecular weight is 449 g/mol. The van der Waals surface area contributed by atoms with Crippen LogP contribution in [0, 0.1) is 46.3 Å². The highest BCUT2D eigenvalue weighted by molar-refractivity contribution is 5.09. The van der Waals surface area contributed by atoms with Crippen LogP contribution in [0.2, 0.25) is 0 Å². The van der Waals surface area contributed by atoms with E-state index in [-0.39, 0.29) is 12.2 Å². The first-order chi connectivity index (χ1) is 14.9. The van der Waals surface area contributed by atoms with Crippen LogP contribution in [0.1, 0.15) is 97.8 Å². The first-order valence-corrected chi connectivity index (χ1v) is 14.1. The molecule has 1 unspecified atom stereocenters. The van der Waals surface area contributed by atoms with Gasteiger partial charge in [-0.25, -0.2) is 0 Å². The van der Waals surface area contributed by atoms with E-state index in [0.717, 1.165) is 65.8 Å². The minimum Gasteiger partial charge on any atom is -0.393 e. The number of nitrogens with zero attached hydrogens (tertiary/aromatic N) is 1. The van der Waals surface area contributed by atoms with Gasteiger partial charge in [-0.15, -0.1) is 0 Å². The van der Waals surface area contributed by atoms with Gasteiger partial charge in [-0.1, -0.05) is 33.6 Å². The molecule has 4 aliphatic carbocycles. The van der Waals surface area contributed by atoms with Crippen molar-refractivity contribution in [3.8, 4) is 0 Å². The largest absolute Gasteiger partial charge is 0.393 e. The van der Waals surface area contributed by atoms with Crippen LogP contribution in [0.5, 0.6) is 0 Å². The van der Waals surface area contributed by atoms with Gasteiger partial charge in [0.25, 0.3) is 0 Å². The molecule has 4 rings (SSSR count). The van der Waals surface area contributed by atoms with Gasteiger partial charge in [0.05, 0.1) is 27.2 Å². The summed E-state index contributed by atoms with van der Waals surface area (Å²) in [4.78, 5) is 0. The second kappa shape index (κ2) is 9.15. The summed E-state index contributed by atoms with van der Waals surface area (Å²) in [5.74, 6) is 5.21. The second-order valence-corrected chi connectivity index (χ2v) is 14.3. The Balaban J connectivity index is 1.36. The Labute approximate surface area is 198 Å². The zero-order valence-electron chi connectivity index (χ0n) is 22.2. The summed E-state index contributed by atoms with van der Waals surface area (Å²) in [5.41, 5.74) is 1.04. The summed E-state index contributed by atoms with van der Waals surface area (Å²) in [5, 5.41) is 20.7. The Bertz CT molecular complexity index is 644. The van der Waals surface area contributed by atoms with Crippen molar-refractivity contribution in [1.82, 2.24) is 0 Å². The summed E-state index contributed by atoms with van der Waals surface area (Å²) in [7, 11) is 6.52. The van der Waals surface area contributed by atoms with Gasteiger partial charge in [-0.2, -0.15) is 0 Å². The second-order valence-electron chi connectivity index (χ2n) is 14.3. The zero-order chi connectivity index (χ0) is 23.3. The lowest BCUT2D eigenvalue weighted by Gasteiger charge is -2.61. The molecule has 0 saturated heterocycles. The van der Waals surface area contributed by atoms with E-state index < -0.39 is 0 Å². The maximum absolute atomic E-state index is 10.4. The van der Waals surface area contributed by atoms with E-state index in [1.54, 1.807) is 0 Å². The summed E-state index contributed by atoms with van der Waals surface area (Å²) in [6.07, 6.45) is 15.2. The van der Waals surface area contributed by atoms with E-state index in [1.807, 2.05) is 0 Å². The lowest BCUT2D eigenvalue weighted by atomic mass is 9.44. The molecule has 4 fully saturated rings. The van der Waals surface area contributed by atoms with Crippen molar-refractivity contribution >= 4 is 0 Å². The third-order valence-corrected chi connectivity index (χ3v) is 11.4. The molecule has 4 saturated carbocycles. The topological polar surface area (TPSA) is 40.5 Å². The standard InChI is InChI=1S/C29H54NO2/c1-20(8-7-9-23(32)19-30(4,5)6)25-12-13-26-24-11-10-21-18-22(31)14-16-28(21,2)27(24)15-17-29(25,26)3/h20-27,31-32H,7-19H2,1-6H3/q+1/t20-,21-,22-,23?,24+,25-,26+,27+,28+,29-/m1/s1. The van der Waals surface area contributed by atoms with Crippen molar-refractivity contribution in [3.63, 3.8) is 0 Å². The number of fused-ring (bicyclic) bond motifs is 5. The zero-order valence-corrected chi connectivity index (χ0v) is 22.2. The Morgan fingerprint density at radius 1 is 0.875 bits per heavy atom. The van der Waals surface area contributed by atoms with Crippen molar-refractivity contribution in [2.45, 2.75) is 110 Å². The van der Waals surface area contributed by atoms with Gasteiger partial charge < -0.3 is 14.7 Å². The van der Waals surface area contributed by atoms with Gasteiger partial charge in [-0.3, -0.25) is 0 Å². The number of hydrogen-bond acceptors (Lipinski definition) is 2. The fraction of sp³-hybridized carbons (Fsp3) is 1.00. The lowest BCUT2D eigenvalue weighted by Crippen LogP contribution is -2.54. The van der Waals surface area contributed by atoms with Crippen molar-refractivity contribution in [3.05, 3.63) is 0 Å². The molecule has 2 N–H and O–H groups in total. The van der Waals surface area contributed by atoms with Crippen LogP contribution in [0.25, 0.3) is 0 Å². The van der Waals surface area contributed by atoms with E-state index in [2.05, 4.69) is 41.9 Å². The molecule has 10 atom stereocenters. The Hall–Kier alpha value is -0.120. The smallest absolute Gasteiger partial charge is 0.104 e. The summed E-state index contributed by atoms with van der Waals surface area (Å²) >= 11 is 0. The molecule has 0 aromatic carbocycles. The first-order valence-electron chi connectivity index (χ1n) is 14.1. The number of aliphatic hydroxyl groups is 2. The molecule has 0 aromatic heterocycles. The molecule has 32 heavy (non-hydrogen) atoms. The molecular weight excluding hydrogens is 394 g/mol. The van der Waals surface area contributed by atoms with E-state index >= 15 is 0 Å². The van der Waals surface area contributed by atoms with Gasteiger partial charge >= 0.3 is 0 Å². The van der Waals surface area contributed by atoms with Crippen LogP contribution in [-0.2, 0) is 0 Å². The molecule has 3 nitrogen and oxygen atoms in total. The van der Waals surface area contributed by atoms with E-state index in [9.17, 15) is 10.2 Å². The quantitative estimate of drug-likeness (QED) is 0.478. The minimum atomic E-state index is -0.158. The van der Waals surface area contributed by atoms with Crippen molar-refractivity contribution < 1.29 is 14.7 Å². The fourth-order valence-electron chi connectivity index (χ4n) is 9.81. The van der Waals surface area contributed by atoms with E-state index in [1.165, 1.54) is 57.8 Å². The number of quaternary nitrogens is 1. The average Bonchev–Trinajstić information content (AvgIpc) is 3.04. The molecule has 0 amide bonds. The number of hydrogen-bond donors (Lipinski definition) is 2. The molecule has 0 spiro atoms. The SMILES string of the molecule is C[C@H](CCCC(O)C[N+](C)(C)C)[C@H]1CC[C@H]2[C@@H]3CC[C@@H]4C[C@H](O)CC[C@]4(C)[C@H]3CC[C@]12C. The molecule has 186 valence electrons. The molecule has 3 heteroatoms. The van der Waals surface area contributed by atoms with Crippen LogP contribution < -0.4 is 0 Å². The number of aliphatic hydroxyl groups excluding tert-OH is 2. The Morgan fingerprint density at radius 2 is 1.56 bits per heavy atom. The summed E-state index contributed by atoms with van der Waals surface area (Å²) < 4.78 is 0.848. The van der Waals surface area contributed by atoms with Crippen molar-refractivity contribution in [1.29, 1.82) is 0 Å². The summed E-state index contributed by atoms with van der Waals surface area (Å²) in [6, 6.07) is 0. The predicted octanol–water partition coefficient (Wildman–Crippen LogP) is 5.88. The van der Waals surface area contributed by atoms with Crippen LogP contribution in [-0.4, -0.2) is 54.6 Å². The van der Waals surface area contributed by atoms with Crippen molar-refractivity contribution in [2.75, 3.05) is 27.7 Å². The van der Waals surface area contributed by atoms with Gasteiger partial charge in [0, 0.05) is 0 Å². The van der Waals surface area contributed by atoms with Crippen molar-refractivity contribution in [2.24, 2.45) is 46.3 Å². The molecule has 4 aliphatic rings.